The van der Waals surface area contributed by atoms with Gasteiger partial charge in [0.2, 0.25) is 5.82 Å². The van der Waals surface area contributed by atoms with Crippen LogP contribution in [-0.2, 0) is 11.2 Å². The van der Waals surface area contributed by atoms with E-state index >= 15 is 0 Å². The van der Waals surface area contributed by atoms with E-state index in [9.17, 15) is 9.59 Å². The summed E-state index contributed by atoms with van der Waals surface area (Å²) in [4.78, 5) is 26.2. The molecule has 94 valence electrons. The molecule has 8 nitrogen and oxygen atoms in total. The maximum absolute atomic E-state index is 11.6. The quantitative estimate of drug-likeness (QED) is 0.503. The zero-order valence-corrected chi connectivity index (χ0v) is 9.30. The summed E-state index contributed by atoms with van der Waals surface area (Å²) >= 11 is 0. The standard InChI is InChI=1S/C9H14N4O4/c1-2-6-11-7(13-12-6)8(15)10-5(3-4-14)9(16)17/h5,14H,2-4H2,1H3,(H,10,15)(H,16,17)(H,11,12,13)/t5-/m1/s1. The number of carbonyl (C=O) groups is 2. The lowest BCUT2D eigenvalue weighted by atomic mass is 10.2. The molecule has 1 heterocycles. The number of H-pyrrole nitrogens is 1. The first kappa shape index (κ1) is 13.1. The van der Waals surface area contributed by atoms with E-state index in [0.717, 1.165) is 0 Å². The van der Waals surface area contributed by atoms with E-state index in [1.165, 1.54) is 0 Å². The lowest BCUT2D eigenvalue weighted by Crippen LogP contribution is -2.41. The van der Waals surface area contributed by atoms with Crippen molar-refractivity contribution >= 4 is 11.9 Å². The largest absolute Gasteiger partial charge is 0.480 e. The van der Waals surface area contributed by atoms with Gasteiger partial charge in [-0.15, -0.1) is 5.10 Å². The molecule has 0 aliphatic carbocycles. The number of aromatic nitrogens is 3. The Bertz CT molecular complexity index is 403. The fourth-order valence-electron chi connectivity index (χ4n) is 1.16. The average Bonchev–Trinajstić information content (AvgIpc) is 2.76. The highest BCUT2D eigenvalue weighted by atomic mass is 16.4. The van der Waals surface area contributed by atoms with Gasteiger partial charge in [0, 0.05) is 19.4 Å². The van der Waals surface area contributed by atoms with Crippen LogP contribution in [0.3, 0.4) is 0 Å². The summed E-state index contributed by atoms with van der Waals surface area (Å²) in [5.74, 6) is -1.45. The molecule has 0 unspecified atom stereocenters. The molecule has 4 N–H and O–H groups in total. The maximum atomic E-state index is 11.6. The SMILES string of the molecule is CCc1nc(C(=O)N[C@H](CCO)C(=O)O)n[nH]1. The lowest BCUT2D eigenvalue weighted by Gasteiger charge is -2.11. The highest BCUT2D eigenvalue weighted by molar-refractivity contribution is 5.93. The molecule has 17 heavy (non-hydrogen) atoms. The first-order chi connectivity index (χ1) is 8.08. The molecular weight excluding hydrogens is 228 g/mol. The average molecular weight is 242 g/mol. The number of carboxylic acids is 1. The topological polar surface area (TPSA) is 128 Å². The molecule has 0 bridgehead atoms. The minimum atomic E-state index is -1.21. The van der Waals surface area contributed by atoms with Gasteiger partial charge in [0.15, 0.2) is 0 Å². The Labute approximate surface area is 97.1 Å². The van der Waals surface area contributed by atoms with Gasteiger partial charge in [-0.2, -0.15) is 0 Å². The molecule has 0 spiro atoms. The molecule has 8 heteroatoms. The third-order valence-corrected chi connectivity index (χ3v) is 2.09. The van der Waals surface area contributed by atoms with Crippen LogP contribution in [0.5, 0.6) is 0 Å². The smallest absolute Gasteiger partial charge is 0.326 e. The van der Waals surface area contributed by atoms with Crippen molar-refractivity contribution in [3.63, 3.8) is 0 Å². The van der Waals surface area contributed by atoms with Gasteiger partial charge < -0.3 is 15.5 Å². The Kier molecular flexibility index (Phi) is 4.58. The van der Waals surface area contributed by atoms with Gasteiger partial charge in [0.1, 0.15) is 11.9 Å². The molecule has 1 aromatic heterocycles. The number of aromatic amines is 1. The van der Waals surface area contributed by atoms with Crippen molar-refractivity contribution in [3.8, 4) is 0 Å². The molecule has 0 aromatic carbocycles. The summed E-state index contributed by atoms with van der Waals surface area (Å²) < 4.78 is 0. The number of aliphatic carboxylic acids is 1. The summed E-state index contributed by atoms with van der Waals surface area (Å²) in [6.07, 6.45) is 0.533. The number of nitrogens with one attached hydrogen (secondary N) is 2. The third kappa shape index (κ3) is 3.52. The molecule has 0 radical (unpaired) electrons. The Morgan fingerprint density at radius 2 is 2.24 bits per heavy atom. The number of hydrogen-bond donors (Lipinski definition) is 4. The first-order valence-electron chi connectivity index (χ1n) is 5.14. The van der Waals surface area contributed by atoms with Crippen molar-refractivity contribution in [3.05, 3.63) is 11.6 Å². The van der Waals surface area contributed by atoms with Crippen LogP contribution in [0.15, 0.2) is 0 Å². The predicted molar refractivity (Wildman–Crippen MR) is 56.4 cm³/mol. The number of aryl methyl sites for hydroxylation is 1. The molecular formula is C9H14N4O4. The van der Waals surface area contributed by atoms with E-state index in [1.54, 1.807) is 0 Å². The summed E-state index contributed by atoms with van der Waals surface area (Å²) in [6, 6.07) is -1.14. The van der Waals surface area contributed by atoms with Crippen LogP contribution in [0, 0.1) is 0 Å². The minimum absolute atomic E-state index is 0.0634. The van der Waals surface area contributed by atoms with Crippen molar-refractivity contribution in [2.24, 2.45) is 0 Å². The Morgan fingerprint density at radius 3 is 2.71 bits per heavy atom. The molecule has 1 aromatic rings. The fraction of sp³-hybridized carbons (Fsp3) is 0.556. The van der Waals surface area contributed by atoms with Gasteiger partial charge in [0.25, 0.3) is 5.91 Å². The van der Waals surface area contributed by atoms with Gasteiger partial charge in [-0.1, -0.05) is 6.92 Å². The van der Waals surface area contributed by atoms with Gasteiger partial charge in [0.05, 0.1) is 0 Å². The summed E-state index contributed by atoms with van der Waals surface area (Å²) in [7, 11) is 0. The number of amides is 1. The van der Waals surface area contributed by atoms with Crippen LogP contribution in [-0.4, -0.2) is 49.9 Å². The van der Waals surface area contributed by atoms with Crippen molar-refractivity contribution in [1.29, 1.82) is 0 Å². The second-order valence-corrected chi connectivity index (χ2v) is 3.34. The molecule has 0 fully saturated rings. The molecule has 0 aliphatic heterocycles. The third-order valence-electron chi connectivity index (χ3n) is 2.09. The molecule has 1 amide bonds. The number of aliphatic hydroxyl groups excluding tert-OH is 1. The van der Waals surface area contributed by atoms with E-state index in [0.29, 0.717) is 12.2 Å². The fourth-order valence-corrected chi connectivity index (χ4v) is 1.16. The van der Waals surface area contributed by atoms with E-state index < -0.39 is 17.9 Å². The summed E-state index contributed by atoms with van der Waals surface area (Å²) in [5.41, 5.74) is 0. The maximum Gasteiger partial charge on any atom is 0.326 e. The molecule has 0 aliphatic rings. The zero-order valence-electron chi connectivity index (χ0n) is 9.30. The van der Waals surface area contributed by atoms with Crippen molar-refractivity contribution < 1.29 is 19.8 Å². The highest BCUT2D eigenvalue weighted by Gasteiger charge is 2.22. The second kappa shape index (κ2) is 5.94. The molecule has 1 atom stereocenters. The van der Waals surface area contributed by atoms with E-state index in [1.807, 2.05) is 6.92 Å². The molecule has 1 rings (SSSR count). The van der Waals surface area contributed by atoms with Gasteiger partial charge in [-0.05, 0) is 0 Å². The Hall–Kier alpha value is -1.96. The van der Waals surface area contributed by atoms with Crippen molar-refractivity contribution in [2.45, 2.75) is 25.8 Å². The van der Waals surface area contributed by atoms with Gasteiger partial charge in [-0.3, -0.25) is 9.89 Å². The first-order valence-corrected chi connectivity index (χ1v) is 5.14. The normalized spacial score (nSPS) is 12.1. The predicted octanol–water partition coefficient (Wildman–Crippen LogP) is -1.07. The Morgan fingerprint density at radius 1 is 1.53 bits per heavy atom. The van der Waals surface area contributed by atoms with E-state index in [2.05, 4.69) is 20.5 Å². The van der Waals surface area contributed by atoms with Crippen LogP contribution in [0.2, 0.25) is 0 Å². The number of carboxylic acid groups (broad SMARTS) is 1. The monoisotopic (exact) mass is 242 g/mol. The number of carbonyl (C=O) groups excluding carboxylic acids is 1. The highest BCUT2D eigenvalue weighted by Crippen LogP contribution is 1.97. The van der Waals surface area contributed by atoms with Gasteiger partial charge in [-0.25, -0.2) is 9.78 Å². The minimum Gasteiger partial charge on any atom is -0.480 e. The van der Waals surface area contributed by atoms with Crippen molar-refractivity contribution in [2.75, 3.05) is 6.61 Å². The lowest BCUT2D eigenvalue weighted by molar-refractivity contribution is -0.139. The zero-order chi connectivity index (χ0) is 12.8. The van der Waals surface area contributed by atoms with Gasteiger partial charge >= 0.3 is 5.97 Å². The van der Waals surface area contributed by atoms with Crippen LogP contribution in [0.25, 0.3) is 0 Å². The number of nitrogens with zero attached hydrogens (tertiary/aromatic N) is 2. The van der Waals surface area contributed by atoms with E-state index in [4.69, 9.17) is 10.2 Å². The van der Waals surface area contributed by atoms with E-state index in [-0.39, 0.29) is 18.9 Å². The molecule has 0 saturated heterocycles. The van der Waals surface area contributed by atoms with Crippen LogP contribution in [0.1, 0.15) is 29.8 Å². The molecule has 0 saturated carbocycles. The van der Waals surface area contributed by atoms with Crippen LogP contribution >= 0.6 is 0 Å². The Balaban J connectivity index is 2.66. The van der Waals surface area contributed by atoms with Crippen molar-refractivity contribution in [1.82, 2.24) is 20.5 Å². The van der Waals surface area contributed by atoms with Crippen LogP contribution < -0.4 is 5.32 Å². The van der Waals surface area contributed by atoms with Crippen LogP contribution in [0.4, 0.5) is 0 Å². The number of hydrogen-bond acceptors (Lipinski definition) is 5. The second-order valence-electron chi connectivity index (χ2n) is 3.34. The number of aliphatic hydroxyl groups is 1. The number of rotatable bonds is 6. The summed E-state index contributed by atoms with van der Waals surface area (Å²) in [5, 5.41) is 25.9. The summed E-state index contributed by atoms with van der Waals surface area (Å²) in [6.45, 7) is 1.51.